The maximum absolute atomic E-state index is 11.1. The fourth-order valence-corrected chi connectivity index (χ4v) is 9.66. The number of benzene rings is 11. The zero-order valence-electron chi connectivity index (χ0n) is 36.9. The van der Waals surface area contributed by atoms with Crippen molar-refractivity contribution in [1.29, 1.82) is 0 Å². The molecule has 0 fully saturated rings. The van der Waals surface area contributed by atoms with Crippen LogP contribution in [0.3, 0.4) is 0 Å². The monoisotopic (exact) mass is 850 g/mol. The Morgan fingerprint density at radius 2 is 0.896 bits per heavy atom. The van der Waals surface area contributed by atoms with Crippen LogP contribution in [0.15, 0.2) is 243 Å². The minimum absolute atomic E-state index is 0. The molecule has 13 rings (SSSR count). The summed E-state index contributed by atoms with van der Waals surface area (Å²) in [5, 5.41) is 22.1. The molecule has 0 aliphatic rings. The summed E-state index contributed by atoms with van der Waals surface area (Å²) in [6.45, 7) is 0. The fraction of sp³-hybridized carbons (Fsp3) is 0. The van der Waals surface area contributed by atoms with Gasteiger partial charge in [0.05, 0.1) is 11.0 Å². The van der Waals surface area contributed by atoms with E-state index in [1.807, 2.05) is 18.2 Å². The van der Waals surface area contributed by atoms with Crippen LogP contribution in [-0.2, 0) is 0 Å². The Morgan fingerprint density at radius 3 is 1.58 bits per heavy atom. The summed E-state index contributed by atoms with van der Waals surface area (Å²) in [6, 6.07) is 83.8. The molecule has 1 N–H and O–H groups in total. The summed E-state index contributed by atoms with van der Waals surface area (Å²) in [4.78, 5) is 8.03. The largest absolute Gasteiger partial charge is 1.00 e. The summed E-state index contributed by atoms with van der Waals surface area (Å²) >= 11 is 0. The summed E-state index contributed by atoms with van der Waals surface area (Å²) in [6.07, 6.45) is 1.75. The molecule has 5 heteroatoms. The van der Waals surface area contributed by atoms with Crippen molar-refractivity contribution in [3.63, 3.8) is 0 Å². The van der Waals surface area contributed by atoms with Crippen molar-refractivity contribution in [2.45, 2.75) is 0 Å². The van der Waals surface area contributed by atoms with E-state index in [9.17, 15) is 5.11 Å². The van der Waals surface area contributed by atoms with Crippen molar-refractivity contribution in [2.24, 2.45) is 0 Å². The number of rotatable bonds is 5. The number of imidazole rings is 1. The Hall–Kier alpha value is -8.26. The predicted molar refractivity (Wildman–Crippen MR) is 273 cm³/mol. The van der Waals surface area contributed by atoms with Crippen LogP contribution in [0.1, 0.15) is 0 Å². The van der Waals surface area contributed by atoms with E-state index in [-0.39, 0.29) is 24.6 Å². The van der Waals surface area contributed by atoms with Crippen molar-refractivity contribution >= 4 is 65.0 Å². The van der Waals surface area contributed by atoms with Gasteiger partial charge in [0.2, 0.25) is 5.52 Å². The van der Waals surface area contributed by atoms with Crippen LogP contribution in [-0.4, -0.2) is 9.55 Å². The second-order valence-corrected chi connectivity index (χ2v) is 16.7. The Balaban J connectivity index is 0.000000361. The first-order valence-corrected chi connectivity index (χ1v) is 22.3. The minimum Gasteiger partial charge on any atom is -0.868 e. The first-order chi connectivity index (χ1) is 32.6. The van der Waals surface area contributed by atoms with Crippen LogP contribution in [0.5, 0.6) is 5.75 Å². The zero-order valence-corrected chi connectivity index (χ0v) is 36.9. The molecule has 0 unspecified atom stereocenters. The van der Waals surface area contributed by atoms with E-state index in [0.717, 1.165) is 39.1 Å². The van der Waals surface area contributed by atoms with Crippen molar-refractivity contribution in [3.8, 4) is 56.2 Å². The average Bonchev–Trinajstić information content (AvgIpc) is 3.78. The van der Waals surface area contributed by atoms with E-state index in [1.54, 1.807) is 18.3 Å². The number of nitrogens with one attached hydrogen (secondary N) is 1. The van der Waals surface area contributed by atoms with Crippen molar-refractivity contribution < 1.29 is 29.0 Å². The average molecular weight is 851 g/mol. The van der Waals surface area contributed by atoms with E-state index in [4.69, 9.17) is 4.98 Å². The van der Waals surface area contributed by atoms with E-state index in [2.05, 4.69) is 216 Å². The molecule has 0 amide bonds. The number of H-pyrrole nitrogens is 1. The maximum atomic E-state index is 11.1. The Kier molecular flexibility index (Phi) is 10.9. The maximum Gasteiger partial charge on any atom is 1.00 e. The van der Waals surface area contributed by atoms with Crippen LogP contribution in [0.25, 0.3) is 115 Å². The second-order valence-electron chi connectivity index (χ2n) is 16.7. The van der Waals surface area contributed by atoms with Crippen molar-refractivity contribution in [3.05, 3.63) is 243 Å². The van der Waals surface area contributed by atoms with Gasteiger partial charge in [-0.1, -0.05) is 176 Å². The number of hydrogen-bond donors (Lipinski definition) is 0. The van der Waals surface area contributed by atoms with Crippen LogP contribution in [0, 0.1) is 0 Å². The van der Waals surface area contributed by atoms with Crippen LogP contribution < -0.4 is 29.0 Å². The summed E-state index contributed by atoms with van der Waals surface area (Å²) in [5.74, 6) is 0.977. The van der Waals surface area contributed by atoms with Crippen LogP contribution in [0.2, 0.25) is 0 Å². The first-order valence-electron chi connectivity index (χ1n) is 22.3. The SMILES string of the molecule is [Li+].[O-]c1cccc2ccc[nH+]c12.c1ccc(-n2c(-c3ccc(-c4ccc5c(-c6ccc7ccccc7c6)c6ccccc6c(-c6ccc7ccccc7c6)c5c4)cc3)nc3ccccc32)cc1. The smallest absolute Gasteiger partial charge is 0.868 e. The molecule has 67 heavy (non-hydrogen) atoms. The van der Waals surface area contributed by atoms with Gasteiger partial charge in [-0.2, -0.15) is 0 Å². The molecule has 0 radical (unpaired) electrons. The van der Waals surface area contributed by atoms with Gasteiger partial charge >= 0.3 is 18.9 Å². The van der Waals surface area contributed by atoms with E-state index < -0.39 is 0 Å². The van der Waals surface area contributed by atoms with Crippen molar-refractivity contribution in [2.75, 3.05) is 0 Å². The van der Waals surface area contributed by atoms with Crippen LogP contribution >= 0.6 is 0 Å². The molecule has 4 nitrogen and oxygen atoms in total. The van der Waals surface area contributed by atoms with E-state index in [1.165, 1.54) is 70.9 Å². The molecule has 0 aliphatic carbocycles. The molecule has 11 aromatic carbocycles. The fourth-order valence-electron chi connectivity index (χ4n) is 9.66. The van der Waals surface area contributed by atoms with Crippen molar-refractivity contribution in [1.82, 2.24) is 9.55 Å². The molecule has 0 saturated carbocycles. The summed E-state index contributed by atoms with van der Waals surface area (Å²) in [5.41, 5.74) is 12.2. The van der Waals surface area contributed by atoms with E-state index in [0.29, 0.717) is 5.52 Å². The minimum atomic E-state index is 0. The Morgan fingerprint density at radius 1 is 0.373 bits per heavy atom. The number of hydrogen-bond acceptors (Lipinski definition) is 2. The van der Waals surface area contributed by atoms with Gasteiger partial charge in [-0.25, -0.2) is 9.97 Å². The third kappa shape index (κ3) is 7.59. The summed E-state index contributed by atoms with van der Waals surface area (Å²) < 4.78 is 2.26. The molecule has 310 valence electrons. The van der Waals surface area contributed by atoms with Gasteiger partial charge in [-0.15, -0.1) is 0 Å². The molecule has 0 bridgehead atoms. The Bertz CT molecular complexity index is 3950. The van der Waals surface area contributed by atoms with E-state index >= 15 is 0 Å². The zero-order chi connectivity index (χ0) is 44.0. The number of aromatic amines is 1. The standard InChI is InChI=1S/C53H34N2.C9H7NO.Li/c1-2-16-44(17-3-1)55-50-21-11-10-20-49(50)54-53(55)38-26-22-37(23-27-38)41-30-31-47-48(34-41)52(43-29-25-36-13-5-7-15-40(36)33-43)46-19-9-8-18-45(46)51(47)42-28-24-35-12-4-6-14-39(35)32-42;11-8-5-1-3-7-4-2-6-10-9(7)8;/h1-34H;1-6,11H;/q;;+1. The topological polar surface area (TPSA) is 55.0 Å². The molecule has 0 saturated heterocycles. The van der Waals surface area contributed by atoms with Gasteiger partial charge in [-0.05, 0) is 137 Å². The van der Waals surface area contributed by atoms with Crippen LogP contribution in [0.4, 0.5) is 0 Å². The van der Waals surface area contributed by atoms with Gasteiger partial charge in [0, 0.05) is 22.7 Å². The van der Waals surface area contributed by atoms with Gasteiger partial charge in [0.15, 0.2) is 6.20 Å². The second kappa shape index (κ2) is 17.6. The molecule has 13 aromatic rings. The number of aromatic nitrogens is 3. The third-order valence-corrected chi connectivity index (χ3v) is 12.8. The van der Waals surface area contributed by atoms with Gasteiger partial charge in [-0.3, -0.25) is 4.57 Å². The van der Waals surface area contributed by atoms with Gasteiger partial charge in [0.25, 0.3) is 0 Å². The molecule has 2 heterocycles. The number of pyridine rings is 1. The molecule has 2 aromatic heterocycles. The summed E-state index contributed by atoms with van der Waals surface area (Å²) in [7, 11) is 0. The normalized spacial score (nSPS) is 11.2. The van der Waals surface area contributed by atoms with Gasteiger partial charge < -0.3 is 5.11 Å². The molecular formula is C62H41LiN3O+. The molecule has 0 aliphatic heterocycles. The first kappa shape index (κ1) is 41.4. The molecular weight excluding hydrogens is 810 g/mol. The number of para-hydroxylation sites is 4. The Labute approximate surface area is 400 Å². The molecule has 0 spiro atoms. The molecule has 0 atom stereocenters. The quantitative estimate of drug-likeness (QED) is 0.128. The van der Waals surface area contributed by atoms with Gasteiger partial charge in [0.1, 0.15) is 5.82 Å². The number of fused-ring (bicyclic) bond motifs is 6. The third-order valence-electron chi connectivity index (χ3n) is 12.8. The number of nitrogens with zero attached hydrogens (tertiary/aromatic N) is 2. The predicted octanol–water partition coefficient (Wildman–Crippen LogP) is 12.0.